The van der Waals surface area contributed by atoms with Crippen LogP contribution >= 0.6 is 0 Å². The molecular formula is C16H25NO4. The van der Waals surface area contributed by atoms with Crippen LogP contribution in [0.25, 0.3) is 0 Å². The fraction of sp³-hybridized carbons (Fsp3) is 0.750. The maximum absolute atomic E-state index is 12.5. The summed E-state index contributed by atoms with van der Waals surface area (Å²) in [6.07, 6.45) is 3.61. The van der Waals surface area contributed by atoms with Crippen LogP contribution in [0.1, 0.15) is 48.5 Å². The predicted molar refractivity (Wildman–Crippen MR) is 79.5 cm³/mol. The van der Waals surface area contributed by atoms with Crippen molar-refractivity contribution in [3.8, 4) is 12.3 Å². The lowest BCUT2D eigenvalue weighted by atomic mass is 9.93. The van der Waals surface area contributed by atoms with E-state index >= 15 is 0 Å². The minimum absolute atomic E-state index is 0.366. The number of hydrogen-bond donors (Lipinski definition) is 0. The summed E-state index contributed by atoms with van der Waals surface area (Å²) in [6, 6.07) is -0.811. The molecule has 1 saturated heterocycles. The Morgan fingerprint density at radius 3 is 2.10 bits per heavy atom. The normalized spacial score (nSPS) is 26.4. The molecule has 0 saturated carbocycles. The van der Waals surface area contributed by atoms with Gasteiger partial charge in [0.25, 0.3) is 0 Å². The van der Waals surface area contributed by atoms with Crippen molar-refractivity contribution in [3.05, 3.63) is 0 Å². The Kier molecular flexibility index (Phi) is 4.74. The number of hydrogen-bond acceptors (Lipinski definition) is 4. The van der Waals surface area contributed by atoms with E-state index < -0.39 is 35.9 Å². The van der Waals surface area contributed by atoms with Gasteiger partial charge < -0.3 is 9.47 Å². The Morgan fingerprint density at radius 2 is 1.71 bits per heavy atom. The summed E-state index contributed by atoms with van der Waals surface area (Å²) in [5.74, 6) is 1.62. The van der Waals surface area contributed by atoms with E-state index in [1.54, 1.807) is 27.7 Å². The van der Waals surface area contributed by atoms with Crippen molar-refractivity contribution < 1.29 is 19.1 Å². The van der Waals surface area contributed by atoms with Crippen molar-refractivity contribution in [2.24, 2.45) is 5.41 Å². The fourth-order valence-corrected chi connectivity index (χ4v) is 2.29. The summed E-state index contributed by atoms with van der Waals surface area (Å²) >= 11 is 0. The Hall–Kier alpha value is -1.54. The maximum atomic E-state index is 12.5. The zero-order valence-electron chi connectivity index (χ0n) is 13.9. The van der Waals surface area contributed by atoms with Crippen LogP contribution in [0.3, 0.4) is 0 Å². The number of amides is 1. The third-order valence-corrected chi connectivity index (χ3v) is 3.10. The van der Waals surface area contributed by atoms with Gasteiger partial charge in [0, 0.05) is 5.41 Å². The molecule has 3 atom stereocenters. The third-order valence-electron chi connectivity index (χ3n) is 3.10. The summed E-state index contributed by atoms with van der Waals surface area (Å²) in [5.41, 5.74) is -1.02. The van der Waals surface area contributed by atoms with Crippen molar-refractivity contribution in [2.45, 2.75) is 72.4 Å². The van der Waals surface area contributed by atoms with E-state index in [2.05, 4.69) is 5.92 Å². The largest absolute Gasteiger partial charge is 0.444 e. The van der Waals surface area contributed by atoms with Crippen LogP contribution in [-0.2, 0) is 14.3 Å². The SMILES string of the molecule is C#CC(=O)[C@H]1[C@@H](C)O[C@@H](C(C)(C)C)N1C(=O)OC(C)(C)C. The smallest absolute Gasteiger partial charge is 0.413 e. The highest BCUT2D eigenvalue weighted by Gasteiger charge is 2.51. The van der Waals surface area contributed by atoms with E-state index in [0.717, 1.165) is 0 Å². The van der Waals surface area contributed by atoms with Crippen molar-refractivity contribution in [1.82, 2.24) is 4.90 Å². The van der Waals surface area contributed by atoms with Crippen LogP contribution in [0, 0.1) is 17.8 Å². The Balaban J connectivity index is 3.18. The van der Waals surface area contributed by atoms with E-state index in [1.807, 2.05) is 20.8 Å². The van der Waals surface area contributed by atoms with Gasteiger partial charge in [-0.05, 0) is 33.6 Å². The molecule has 0 aliphatic carbocycles. The first-order chi connectivity index (χ1) is 9.38. The lowest BCUT2D eigenvalue weighted by molar-refractivity contribution is -0.119. The first kappa shape index (κ1) is 17.5. The molecule has 0 radical (unpaired) electrons. The highest BCUT2D eigenvalue weighted by molar-refractivity contribution is 6.01. The molecule has 21 heavy (non-hydrogen) atoms. The van der Waals surface area contributed by atoms with Gasteiger partial charge in [-0.1, -0.05) is 20.8 Å². The van der Waals surface area contributed by atoms with E-state index in [-0.39, 0.29) is 5.41 Å². The fourth-order valence-electron chi connectivity index (χ4n) is 2.29. The molecule has 5 heteroatoms. The molecule has 1 aliphatic rings. The highest BCUT2D eigenvalue weighted by Crippen LogP contribution is 2.36. The zero-order valence-corrected chi connectivity index (χ0v) is 13.9. The number of terminal acetylenes is 1. The van der Waals surface area contributed by atoms with Crippen LogP contribution in [0.5, 0.6) is 0 Å². The number of carbonyl (C=O) groups is 2. The number of carbonyl (C=O) groups excluding carboxylic acids is 2. The monoisotopic (exact) mass is 295 g/mol. The lowest BCUT2D eigenvalue weighted by Gasteiger charge is -2.35. The summed E-state index contributed by atoms with van der Waals surface area (Å²) in [7, 11) is 0. The number of ketones is 1. The van der Waals surface area contributed by atoms with Gasteiger partial charge in [0.1, 0.15) is 17.9 Å². The van der Waals surface area contributed by atoms with Crippen LogP contribution in [-0.4, -0.2) is 40.8 Å². The van der Waals surface area contributed by atoms with E-state index in [4.69, 9.17) is 15.9 Å². The van der Waals surface area contributed by atoms with Gasteiger partial charge in [0.05, 0.1) is 6.10 Å². The Labute approximate surface area is 127 Å². The molecule has 118 valence electrons. The lowest BCUT2D eigenvalue weighted by Crippen LogP contribution is -2.52. The second kappa shape index (κ2) is 5.69. The van der Waals surface area contributed by atoms with E-state index in [0.29, 0.717) is 0 Å². The first-order valence-electron chi connectivity index (χ1n) is 7.05. The Morgan fingerprint density at radius 1 is 1.19 bits per heavy atom. The molecule has 0 aromatic carbocycles. The van der Waals surface area contributed by atoms with Gasteiger partial charge in [0.2, 0.25) is 5.78 Å². The number of nitrogens with zero attached hydrogens (tertiary/aromatic N) is 1. The predicted octanol–water partition coefficient (Wildman–Crippen LogP) is 2.59. The van der Waals surface area contributed by atoms with Crippen molar-refractivity contribution >= 4 is 11.9 Å². The van der Waals surface area contributed by atoms with E-state index in [9.17, 15) is 9.59 Å². The maximum Gasteiger partial charge on any atom is 0.413 e. The highest BCUT2D eigenvalue weighted by atomic mass is 16.6. The molecule has 0 spiro atoms. The van der Waals surface area contributed by atoms with Crippen LogP contribution < -0.4 is 0 Å². The summed E-state index contributed by atoms with van der Waals surface area (Å²) in [4.78, 5) is 25.9. The average Bonchev–Trinajstić information content (AvgIpc) is 2.63. The van der Waals surface area contributed by atoms with E-state index in [1.165, 1.54) is 4.90 Å². The molecule has 5 nitrogen and oxygen atoms in total. The standard InChI is InChI=1S/C16H25NO4/c1-9-11(18)12-10(2)20-13(15(3,4)5)17(12)14(19)21-16(6,7)8/h1,10,12-13H,2-8H3/t10-,12-,13+/m1/s1. The summed E-state index contributed by atoms with van der Waals surface area (Å²) in [5, 5.41) is 0. The number of ether oxygens (including phenoxy) is 2. The van der Waals surface area contributed by atoms with Crippen LogP contribution in [0.4, 0.5) is 4.79 Å². The summed E-state index contributed by atoms with van der Waals surface area (Å²) in [6.45, 7) is 12.9. The second-order valence-electron chi connectivity index (χ2n) is 7.40. The van der Waals surface area contributed by atoms with Crippen LogP contribution in [0.15, 0.2) is 0 Å². The topological polar surface area (TPSA) is 55.8 Å². The molecule has 1 amide bonds. The number of rotatable bonds is 1. The van der Waals surface area contributed by atoms with Gasteiger partial charge in [-0.25, -0.2) is 4.79 Å². The second-order valence-corrected chi connectivity index (χ2v) is 7.40. The molecular weight excluding hydrogens is 270 g/mol. The Bertz CT molecular complexity index is 464. The molecule has 0 N–H and O–H groups in total. The van der Waals surface area contributed by atoms with Gasteiger partial charge in [-0.2, -0.15) is 0 Å². The molecule has 1 heterocycles. The van der Waals surface area contributed by atoms with Crippen molar-refractivity contribution in [2.75, 3.05) is 0 Å². The van der Waals surface area contributed by atoms with Gasteiger partial charge in [-0.3, -0.25) is 9.69 Å². The molecule has 0 bridgehead atoms. The molecule has 1 rings (SSSR count). The molecule has 0 aromatic rings. The minimum Gasteiger partial charge on any atom is -0.444 e. The zero-order chi connectivity index (χ0) is 16.6. The van der Waals surface area contributed by atoms with Gasteiger partial charge in [0.15, 0.2) is 0 Å². The average molecular weight is 295 g/mol. The summed E-state index contributed by atoms with van der Waals surface area (Å²) < 4.78 is 11.2. The third kappa shape index (κ3) is 3.98. The van der Waals surface area contributed by atoms with Crippen molar-refractivity contribution in [1.29, 1.82) is 0 Å². The van der Waals surface area contributed by atoms with Gasteiger partial charge in [-0.15, -0.1) is 6.42 Å². The molecule has 0 unspecified atom stereocenters. The minimum atomic E-state index is -0.811. The van der Waals surface area contributed by atoms with Gasteiger partial charge >= 0.3 is 6.09 Å². The quantitative estimate of drug-likeness (QED) is 0.551. The first-order valence-corrected chi connectivity index (χ1v) is 7.05. The van der Waals surface area contributed by atoms with Crippen LogP contribution in [0.2, 0.25) is 0 Å². The number of Topliss-reactive ketones (excluding diaryl/α,β-unsaturated/α-hetero) is 1. The molecule has 1 aliphatic heterocycles. The van der Waals surface area contributed by atoms with Crippen molar-refractivity contribution in [3.63, 3.8) is 0 Å². The molecule has 1 fully saturated rings. The molecule has 0 aromatic heterocycles.